The Bertz CT molecular complexity index is 1230. The molecular weight excluding hydrogens is 438 g/mol. The van der Waals surface area contributed by atoms with Crippen molar-refractivity contribution in [1.82, 2.24) is 15.2 Å². The molecule has 0 aliphatic carbocycles. The van der Waals surface area contributed by atoms with Crippen LogP contribution in [-0.2, 0) is 9.59 Å². The molecule has 1 N–H and O–H groups in total. The number of ether oxygens (including phenoxy) is 1. The molecule has 3 aromatic rings. The van der Waals surface area contributed by atoms with E-state index >= 15 is 0 Å². The van der Waals surface area contributed by atoms with Gasteiger partial charge in [-0.3, -0.25) is 14.5 Å². The molecular formula is C24H25N5O3S. The van der Waals surface area contributed by atoms with Crippen molar-refractivity contribution < 1.29 is 14.3 Å². The molecule has 0 fully saturated rings. The van der Waals surface area contributed by atoms with Gasteiger partial charge in [-0.2, -0.15) is 4.98 Å². The highest BCUT2D eigenvalue weighted by Gasteiger charge is 2.35. The summed E-state index contributed by atoms with van der Waals surface area (Å²) in [4.78, 5) is 30.6. The molecule has 1 aliphatic rings. The van der Waals surface area contributed by atoms with Crippen molar-refractivity contribution in [3.8, 4) is 17.1 Å². The highest BCUT2D eigenvalue weighted by atomic mass is 32.2. The van der Waals surface area contributed by atoms with Gasteiger partial charge in [0.1, 0.15) is 0 Å². The lowest BCUT2D eigenvalue weighted by atomic mass is 10.00. The maximum atomic E-state index is 13.0. The summed E-state index contributed by atoms with van der Waals surface area (Å²) in [7, 11) is 0. The number of fused-ring (bicyclic) bond motifs is 3. The SMILES string of the molecule is CCSc1nnc2c(n1)O[C@@H](c1ccc(NC(C)=O)cc1)N(C(C)=O)c1c(C)cc(C)cc1-2. The van der Waals surface area contributed by atoms with Crippen molar-refractivity contribution in [2.75, 3.05) is 16.0 Å². The highest BCUT2D eigenvalue weighted by Crippen LogP contribution is 2.45. The first kappa shape index (κ1) is 22.7. The van der Waals surface area contributed by atoms with Crippen molar-refractivity contribution in [3.63, 3.8) is 0 Å². The molecule has 1 aliphatic heterocycles. The topological polar surface area (TPSA) is 97.3 Å². The van der Waals surface area contributed by atoms with Crippen LogP contribution in [0.4, 0.5) is 11.4 Å². The van der Waals surface area contributed by atoms with Crippen molar-refractivity contribution in [2.24, 2.45) is 0 Å². The zero-order valence-electron chi connectivity index (χ0n) is 19.2. The summed E-state index contributed by atoms with van der Waals surface area (Å²) in [5.74, 6) is 0.787. The quantitative estimate of drug-likeness (QED) is 0.562. The second-order valence-electron chi connectivity index (χ2n) is 7.82. The maximum Gasteiger partial charge on any atom is 0.247 e. The van der Waals surface area contributed by atoms with E-state index < -0.39 is 6.23 Å². The third-order valence-electron chi connectivity index (χ3n) is 5.16. The van der Waals surface area contributed by atoms with Crippen LogP contribution in [0, 0.1) is 13.8 Å². The molecule has 0 unspecified atom stereocenters. The smallest absolute Gasteiger partial charge is 0.247 e. The lowest BCUT2D eigenvalue weighted by molar-refractivity contribution is -0.118. The third kappa shape index (κ3) is 4.54. The number of benzene rings is 2. The molecule has 0 saturated heterocycles. The minimum Gasteiger partial charge on any atom is -0.447 e. The fourth-order valence-corrected chi connectivity index (χ4v) is 4.45. The number of carbonyl (C=O) groups excluding carboxylic acids is 2. The van der Waals surface area contributed by atoms with E-state index in [4.69, 9.17) is 4.74 Å². The fourth-order valence-electron chi connectivity index (χ4n) is 3.95. The molecule has 33 heavy (non-hydrogen) atoms. The Morgan fingerprint density at radius 2 is 1.85 bits per heavy atom. The van der Waals surface area contributed by atoms with Crippen molar-refractivity contribution in [2.45, 2.75) is 46.0 Å². The van der Waals surface area contributed by atoms with Gasteiger partial charge in [0.05, 0.1) is 5.69 Å². The molecule has 9 heteroatoms. The summed E-state index contributed by atoms with van der Waals surface area (Å²) >= 11 is 1.47. The van der Waals surface area contributed by atoms with E-state index in [9.17, 15) is 9.59 Å². The Hall–Kier alpha value is -3.46. The van der Waals surface area contributed by atoms with Gasteiger partial charge in [0.25, 0.3) is 0 Å². The molecule has 8 nitrogen and oxygen atoms in total. The summed E-state index contributed by atoms with van der Waals surface area (Å²) in [6, 6.07) is 11.2. The van der Waals surface area contributed by atoms with Crippen LogP contribution in [0.2, 0.25) is 0 Å². The Morgan fingerprint density at radius 3 is 2.48 bits per heavy atom. The molecule has 1 aromatic heterocycles. The molecule has 170 valence electrons. The predicted molar refractivity (Wildman–Crippen MR) is 128 cm³/mol. The molecule has 2 heterocycles. The van der Waals surface area contributed by atoms with E-state index in [0.29, 0.717) is 22.4 Å². The van der Waals surface area contributed by atoms with Crippen molar-refractivity contribution >= 4 is 35.0 Å². The number of hydrogen-bond donors (Lipinski definition) is 1. The van der Waals surface area contributed by atoms with Gasteiger partial charge in [0, 0.05) is 30.7 Å². The van der Waals surface area contributed by atoms with Gasteiger partial charge in [-0.1, -0.05) is 42.4 Å². The van der Waals surface area contributed by atoms with Gasteiger partial charge in [0.15, 0.2) is 5.69 Å². The number of rotatable bonds is 4. The summed E-state index contributed by atoms with van der Waals surface area (Å²) in [5, 5.41) is 12.0. The molecule has 0 bridgehead atoms. The zero-order chi connectivity index (χ0) is 23.7. The van der Waals surface area contributed by atoms with Crippen LogP contribution in [0.25, 0.3) is 11.3 Å². The van der Waals surface area contributed by atoms with Crippen LogP contribution in [0.5, 0.6) is 5.88 Å². The first-order chi connectivity index (χ1) is 15.8. The molecule has 0 saturated carbocycles. The van der Waals surface area contributed by atoms with Crippen LogP contribution in [0.15, 0.2) is 41.6 Å². The summed E-state index contributed by atoms with van der Waals surface area (Å²) in [6.45, 7) is 8.94. The van der Waals surface area contributed by atoms with Crippen LogP contribution in [-0.4, -0.2) is 32.7 Å². The lowest BCUT2D eigenvalue weighted by Crippen LogP contribution is -2.36. The van der Waals surface area contributed by atoms with E-state index in [1.165, 1.54) is 25.6 Å². The monoisotopic (exact) mass is 463 g/mol. The van der Waals surface area contributed by atoms with E-state index in [2.05, 4.69) is 20.5 Å². The molecule has 0 spiro atoms. The minimum absolute atomic E-state index is 0.156. The van der Waals surface area contributed by atoms with E-state index in [-0.39, 0.29) is 11.8 Å². The van der Waals surface area contributed by atoms with Crippen LogP contribution < -0.4 is 15.0 Å². The molecule has 0 radical (unpaired) electrons. The van der Waals surface area contributed by atoms with Crippen LogP contribution >= 0.6 is 11.8 Å². The predicted octanol–water partition coefficient (Wildman–Crippen LogP) is 4.67. The number of thioether (sulfide) groups is 1. The number of nitrogens with one attached hydrogen (secondary N) is 1. The number of hydrogen-bond acceptors (Lipinski definition) is 7. The van der Waals surface area contributed by atoms with Crippen LogP contribution in [0.1, 0.15) is 43.7 Å². The normalized spacial score (nSPS) is 14.6. The zero-order valence-corrected chi connectivity index (χ0v) is 20.0. The molecule has 1 atom stereocenters. The van der Waals surface area contributed by atoms with Gasteiger partial charge in [-0.25, -0.2) is 0 Å². The number of aryl methyl sites for hydroxylation is 2. The first-order valence-electron chi connectivity index (χ1n) is 10.6. The van der Waals surface area contributed by atoms with Gasteiger partial charge < -0.3 is 10.1 Å². The summed E-state index contributed by atoms with van der Waals surface area (Å²) in [5.41, 5.74) is 5.32. The molecule has 2 aromatic carbocycles. The number of carbonyl (C=O) groups is 2. The van der Waals surface area contributed by atoms with Gasteiger partial charge >= 0.3 is 0 Å². The van der Waals surface area contributed by atoms with Crippen LogP contribution in [0.3, 0.4) is 0 Å². The van der Waals surface area contributed by atoms with Gasteiger partial charge in [-0.05, 0) is 43.4 Å². The largest absolute Gasteiger partial charge is 0.447 e. The number of aromatic nitrogens is 3. The number of nitrogens with zero attached hydrogens (tertiary/aromatic N) is 4. The van der Waals surface area contributed by atoms with Gasteiger partial charge in [0.2, 0.25) is 29.1 Å². The fraction of sp³-hybridized carbons (Fsp3) is 0.292. The summed E-state index contributed by atoms with van der Waals surface area (Å²) in [6.07, 6.45) is -0.772. The first-order valence-corrected chi connectivity index (χ1v) is 11.6. The average Bonchev–Trinajstić information content (AvgIpc) is 2.89. The summed E-state index contributed by atoms with van der Waals surface area (Å²) < 4.78 is 6.39. The lowest BCUT2D eigenvalue weighted by Gasteiger charge is -2.31. The number of amides is 2. The van der Waals surface area contributed by atoms with Gasteiger partial charge in [-0.15, -0.1) is 10.2 Å². The van der Waals surface area contributed by atoms with E-state index in [0.717, 1.165) is 33.7 Å². The Labute approximate surface area is 196 Å². The minimum atomic E-state index is -0.772. The van der Waals surface area contributed by atoms with Crippen molar-refractivity contribution in [3.05, 3.63) is 53.1 Å². The number of anilines is 2. The Balaban J connectivity index is 1.92. The van der Waals surface area contributed by atoms with E-state index in [1.807, 2.05) is 45.0 Å². The maximum absolute atomic E-state index is 13.0. The van der Waals surface area contributed by atoms with E-state index in [1.54, 1.807) is 17.0 Å². The third-order valence-corrected chi connectivity index (χ3v) is 5.88. The Kier molecular flexibility index (Phi) is 6.33. The highest BCUT2D eigenvalue weighted by molar-refractivity contribution is 7.99. The average molecular weight is 464 g/mol. The standard InChI is InChI=1S/C24H25N5O3S/c1-6-33-24-26-22-20(27-28-24)19-12-13(2)11-14(3)21(19)29(16(5)31)23(32-22)17-7-9-18(10-8-17)25-15(4)30/h7-12,23H,6H2,1-5H3,(H,25,30)/t23-/m0/s1. The van der Waals surface area contributed by atoms with Crippen molar-refractivity contribution in [1.29, 1.82) is 0 Å². The molecule has 2 amide bonds. The Morgan fingerprint density at radius 1 is 1.12 bits per heavy atom. The molecule has 4 rings (SSSR count). The second kappa shape index (κ2) is 9.19. The second-order valence-corrected chi connectivity index (χ2v) is 9.05.